The lowest BCUT2D eigenvalue weighted by Crippen LogP contribution is -2.03. The van der Waals surface area contributed by atoms with Gasteiger partial charge in [-0.25, -0.2) is 4.98 Å². The van der Waals surface area contributed by atoms with E-state index in [0.29, 0.717) is 0 Å². The Hall–Kier alpha value is -1.09. The van der Waals surface area contributed by atoms with Crippen LogP contribution in [0.4, 0.5) is 5.82 Å². The molecular formula is C14H17BrN2. The molecule has 3 heteroatoms. The SMILES string of the molecule is CCCCNc1ncc(Br)c2c(C)cccc12. The largest absolute Gasteiger partial charge is 0.370 e. The fourth-order valence-electron chi connectivity index (χ4n) is 1.96. The zero-order valence-corrected chi connectivity index (χ0v) is 11.8. The Balaban J connectivity index is 2.44. The monoisotopic (exact) mass is 292 g/mol. The van der Waals surface area contributed by atoms with Crippen molar-refractivity contribution in [3.8, 4) is 0 Å². The molecule has 0 aliphatic heterocycles. The number of pyridine rings is 1. The van der Waals surface area contributed by atoms with Gasteiger partial charge in [-0.15, -0.1) is 0 Å². The summed E-state index contributed by atoms with van der Waals surface area (Å²) in [7, 11) is 0. The van der Waals surface area contributed by atoms with E-state index >= 15 is 0 Å². The van der Waals surface area contributed by atoms with Gasteiger partial charge in [0.15, 0.2) is 0 Å². The van der Waals surface area contributed by atoms with Crippen molar-refractivity contribution in [1.82, 2.24) is 4.98 Å². The molecule has 0 amide bonds. The predicted molar refractivity (Wildman–Crippen MR) is 77.6 cm³/mol. The number of nitrogens with zero attached hydrogens (tertiary/aromatic N) is 1. The number of unbranched alkanes of at least 4 members (excludes halogenated alkanes) is 1. The number of anilines is 1. The standard InChI is InChI=1S/C14H17BrN2/c1-3-4-8-16-14-11-7-5-6-10(2)13(11)12(15)9-17-14/h5-7,9H,3-4,8H2,1-2H3,(H,16,17). The summed E-state index contributed by atoms with van der Waals surface area (Å²) in [5.74, 6) is 0.986. The van der Waals surface area contributed by atoms with Crippen LogP contribution in [0.1, 0.15) is 25.3 Å². The highest BCUT2D eigenvalue weighted by atomic mass is 79.9. The van der Waals surface area contributed by atoms with Gasteiger partial charge < -0.3 is 5.32 Å². The topological polar surface area (TPSA) is 24.9 Å². The maximum absolute atomic E-state index is 4.46. The van der Waals surface area contributed by atoms with Gasteiger partial charge in [-0.1, -0.05) is 31.5 Å². The van der Waals surface area contributed by atoms with Crippen LogP contribution in [0.25, 0.3) is 10.8 Å². The number of nitrogens with one attached hydrogen (secondary N) is 1. The molecule has 0 saturated carbocycles. The van der Waals surface area contributed by atoms with Crippen molar-refractivity contribution in [3.05, 3.63) is 34.4 Å². The molecule has 0 spiro atoms. The minimum Gasteiger partial charge on any atom is -0.370 e. The second kappa shape index (κ2) is 5.50. The summed E-state index contributed by atoms with van der Waals surface area (Å²) in [4.78, 5) is 4.46. The minimum atomic E-state index is 0.980. The lowest BCUT2D eigenvalue weighted by Gasteiger charge is -2.11. The highest BCUT2D eigenvalue weighted by Crippen LogP contribution is 2.30. The van der Waals surface area contributed by atoms with Crippen LogP contribution in [-0.4, -0.2) is 11.5 Å². The molecule has 2 aromatic rings. The number of hydrogen-bond acceptors (Lipinski definition) is 2. The second-order valence-electron chi connectivity index (χ2n) is 4.23. The third-order valence-electron chi connectivity index (χ3n) is 2.90. The van der Waals surface area contributed by atoms with Crippen LogP contribution in [-0.2, 0) is 0 Å². The molecule has 0 fully saturated rings. The molecule has 0 aliphatic carbocycles. The molecule has 1 N–H and O–H groups in total. The lowest BCUT2D eigenvalue weighted by molar-refractivity contribution is 0.832. The highest BCUT2D eigenvalue weighted by molar-refractivity contribution is 9.10. The fraction of sp³-hybridized carbons (Fsp3) is 0.357. The normalized spacial score (nSPS) is 10.8. The Morgan fingerprint density at radius 3 is 2.94 bits per heavy atom. The molecule has 1 aromatic heterocycles. The summed E-state index contributed by atoms with van der Waals surface area (Å²) in [6.45, 7) is 5.30. The van der Waals surface area contributed by atoms with Crippen molar-refractivity contribution >= 4 is 32.5 Å². The maximum Gasteiger partial charge on any atom is 0.133 e. The Bertz CT molecular complexity index is 515. The molecule has 0 aliphatic rings. The summed E-state index contributed by atoms with van der Waals surface area (Å²) in [6, 6.07) is 6.33. The van der Waals surface area contributed by atoms with Gasteiger partial charge in [0.2, 0.25) is 0 Å². The van der Waals surface area contributed by atoms with Crippen LogP contribution in [0, 0.1) is 6.92 Å². The van der Waals surface area contributed by atoms with Gasteiger partial charge in [0.05, 0.1) is 0 Å². The zero-order valence-electron chi connectivity index (χ0n) is 10.3. The van der Waals surface area contributed by atoms with Gasteiger partial charge >= 0.3 is 0 Å². The molecule has 0 unspecified atom stereocenters. The van der Waals surface area contributed by atoms with Crippen molar-refractivity contribution in [3.63, 3.8) is 0 Å². The highest BCUT2D eigenvalue weighted by Gasteiger charge is 2.07. The predicted octanol–water partition coefficient (Wildman–Crippen LogP) is 4.52. The van der Waals surface area contributed by atoms with E-state index in [1.165, 1.54) is 29.2 Å². The summed E-state index contributed by atoms with van der Waals surface area (Å²) >= 11 is 3.57. The van der Waals surface area contributed by atoms with E-state index in [2.05, 4.69) is 58.3 Å². The van der Waals surface area contributed by atoms with E-state index in [1.54, 1.807) is 0 Å². The first kappa shape index (κ1) is 12.4. The van der Waals surface area contributed by atoms with Gasteiger partial charge in [-0.3, -0.25) is 0 Å². The molecule has 0 radical (unpaired) electrons. The fourth-order valence-corrected chi connectivity index (χ4v) is 2.59. The molecule has 17 heavy (non-hydrogen) atoms. The number of rotatable bonds is 4. The van der Waals surface area contributed by atoms with E-state index in [-0.39, 0.29) is 0 Å². The summed E-state index contributed by atoms with van der Waals surface area (Å²) in [6.07, 6.45) is 4.25. The van der Waals surface area contributed by atoms with Gasteiger partial charge in [0.1, 0.15) is 5.82 Å². The molecule has 1 aromatic carbocycles. The minimum absolute atomic E-state index is 0.980. The first-order valence-electron chi connectivity index (χ1n) is 6.01. The molecule has 2 rings (SSSR count). The van der Waals surface area contributed by atoms with Crippen LogP contribution >= 0.6 is 15.9 Å². The van der Waals surface area contributed by atoms with Crippen LogP contribution in [0.5, 0.6) is 0 Å². The first-order valence-corrected chi connectivity index (χ1v) is 6.81. The van der Waals surface area contributed by atoms with E-state index < -0.39 is 0 Å². The van der Waals surface area contributed by atoms with Gasteiger partial charge in [0, 0.05) is 28.0 Å². The first-order chi connectivity index (χ1) is 8.24. The smallest absolute Gasteiger partial charge is 0.133 e. The van der Waals surface area contributed by atoms with E-state index in [9.17, 15) is 0 Å². The van der Waals surface area contributed by atoms with Crippen molar-refractivity contribution in [1.29, 1.82) is 0 Å². The maximum atomic E-state index is 4.46. The summed E-state index contributed by atoms with van der Waals surface area (Å²) in [5, 5.41) is 5.85. The van der Waals surface area contributed by atoms with Crippen molar-refractivity contribution in [2.24, 2.45) is 0 Å². The Morgan fingerprint density at radius 1 is 1.35 bits per heavy atom. The van der Waals surface area contributed by atoms with Gasteiger partial charge in [-0.2, -0.15) is 0 Å². The Labute approximate surface area is 111 Å². The molecule has 1 heterocycles. The van der Waals surface area contributed by atoms with Crippen LogP contribution in [0.15, 0.2) is 28.9 Å². The number of aryl methyl sites for hydroxylation is 1. The van der Waals surface area contributed by atoms with Crippen molar-refractivity contribution < 1.29 is 0 Å². The Morgan fingerprint density at radius 2 is 2.18 bits per heavy atom. The number of hydrogen-bond donors (Lipinski definition) is 1. The van der Waals surface area contributed by atoms with Crippen LogP contribution in [0.2, 0.25) is 0 Å². The average molecular weight is 293 g/mol. The van der Waals surface area contributed by atoms with E-state index in [4.69, 9.17) is 0 Å². The zero-order chi connectivity index (χ0) is 12.3. The van der Waals surface area contributed by atoms with Gasteiger partial charge in [-0.05, 0) is 34.8 Å². The summed E-state index contributed by atoms with van der Waals surface area (Å²) < 4.78 is 1.06. The van der Waals surface area contributed by atoms with Crippen molar-refractivity contribution in [2.45, 2.75) is 26.7 Å². The number of benzene rings is 1. The third-order valence-corrected chi connectivity index (χ3v) is 3.50. The number of fused-ring (bicyclic) bond motifs is 1. The summed E-state index contributed by atoms with van der Waals surface area (Å²) in [5.41, 5.74) is 1.27. The van der Waals surface area contributed by atoms with E-state index in [0.717, 1.165) is 16.8 Å². The third kappa shape index (κ3) is 2.60. The quantitative estimate of drug-likeness (QED) is 0.838. The van der Waals surface area contributed by atoms with Crippen LogP contribution < -0.4 is 5.32 Å². The number of aromatic nitrogens is 1. The van der Waals surface area contributed by atoms with Gasteiger partial charge in [0.25, 0.3) is 0 Å². The molecule has 2 nitrogen and oxygen atoms in total. The molecule has 0 saturated heterocycles. The average Bonchev–Trinajstić information content (AvgIpc) is 2.32. The van der Waals surface area contributed by atoms with E-state index in [1.807, 2.05) is 6.20 Å². The molecular weight excluding hydrogens is 276 g/mol. The van der Waals surface area contributed by atoms with Crippen LogP contribution in [0.3, 0.4) is 0 Å². The molecule has 90 valence electrons. The van der Waals surface area contributed by atoms with Crippen molar-refractivity contribution in [2.75, 3.05) is 11.9 Å². The lowest BCUT2D eigenvalue weighted by atomic mass is 10.1. The second-order valence-corrected chi connectivity index (χ2v) is 5.09. The molecule has 0 atom stereocenters. The Kier molecular flexibility index (Phi) is 4.00. The number of halogens is 1. The molecule has 0 bridgehead atoms.